The molecule has 0 aliphatic heterocycles. The number of nitro groups is 2. The predicted molar refractivity (Wildman–Crippen MR) is 75.0 cm³/mol. The third-order valence-corrected chi connectivity index (χ3v) is 2.97. The lowest BCUT2D eigenvalue weighted by atomic mass is 10.2. The Kier molecular flexibility index (Phi) is 3.83. The van der Waals surface area contributed by atoms with Gasteiger partial charge in [-0.05, 0) is 13.0 Å². The predicted octanol–water partition coefficient (Wildman–Crippen LogP) is 2.16. The zero-order chi connectivity index (χ0) is 15.6. The number of anilines is 1. The van der Waals surface area contributed by atoms with E-state index in [1.807, 2.05) is 6.92 Å². The molecule has 0 fully saturated rings. The summed E-state index contributed by atoms with van der Waals surface area (Å²) < 4.78 is 1.65. The van der Waals surface area contributed by atoms with Crippen molar-refractivity contribution in [3.63, 3.8) is 0 Å². The highest BCUT2D eigenvalue weighted by atomic mass is 16.6. The summed E-state index contributed by atoms with van der Waals surface area (Å²) in [5, 5.41) is 28.8. The molecular formula is C12H13N5O4. The van der Waals surface area contributed by atoms with Crippen molar-refractivity contribution in [2.24, 2.45) is 7.05 Å². The highest BCUT2D eigenvalue weighted by Gasteiger charge is 2.19. The summed E-state index contributed by atoms with van der Waals surface area (Å²) in [6.45, 7) is 2.18. The van der Waals surface area contributed by atoms with Crippen molar-refractivity contribution in [1.29, 1.82) is 0 Å². The number of nitro benzene ring substituents is 2. The van der Waals surface area contributed by atoms with E-state index in [1.165, 1.54) is 12.1 Å². The number of nitrogens with zero attached hydrogens (tertiary/aromatic N) is 4. The molecule has 0 bridgehead atoms. The quantitative estimate of drug-likeness (QED) is 0.666. The van der Waals surface area contributed by atoms with Gasteiger partial charge in [-0.15, -0.1) is 0 Å². The Morgan fingerprint density at radius 1 is 1.29 bits per heavy atom. The van der Waals surface area contributed by atoms with Gasteiger partial charge in [-0.25, -0.2) is 0 Å². The van der Waals surface area contributed by atoms with Gasteiger partial charge in [0.05, 0.1) is 21.6 Å². The van der Waals surface area contributed by atoms with E-state index >= 15 is 0 Å². The lowest BCUT2D eigenvalue weighted by Gasteiger charge is -2.06. The van der Waals surface area contributed by atoms with Crippen molar-refractivity contribution >= 4 is 17.1 Å². The molecule has 0 aliphatic carbocycles. The minimum Gasteiger partial charge on any atom is -0.375 e. The summed E-state index contributed by atoms with van der Waals surface area (Å²) in [7, 11) is 1.78. The first-order valence-corrected chi connectivity index (χ1v) is 6.04. The maximum atomic E-state index is 11.0. The van der Waals surface area contributed by atoms with E-state index in [4.69, 9.17) is 0 Å². The molecule has 9 heteroatoms. The Balaban J connectivity index is 2.25. The molecule has 2 aromatic rings. The van der Waals surface area contributed by atoms with Gasteiger partial charge in [-0.2, -0.15) is 5.10 Å². The molecule has 0 radical (unpaired) electrons. The Hall–Kier alpha value is -2.97. The zero-order valence-electron chi connectivity index (χ0n) is 11.4. The minimum atomic E-state index is -0.665. The lowest BCUT2D eigenvalue weighted by Crippen LogP contribution is -2.03. The van der Waals surface area contributed by atoms with Crippen LogP contribution in [0.5, 0.6) is 0 Å². The van der Waals surface area contributed by atoms with Gasteiger partial charge in [0.2, 0.25) is 0 Å². The molecule has 2 rings (SSSR count). The van der Waals surface area contributed by atoms with Crippen LogP contribution in [-0.4, -0.2) is 19.6 Å². The van der Waals surface area contributed by atoms with Crippen molar-refractivity contribution in [2.45, 2.75) is 13.5 Å². The van der Waals surface area contributed by atoms with Gasteiger partial charge < -0.3 is 5.32 Å². The van der Waals surface area contributed by atoms with E-state index in [9.17, 15) is 20.2 Å². The summed E-state index contributed by atoms with van der Waals surface area (Å²) in [5.74, 6) is 0. The van der Waals surface area contributed by atoms with Crippen LogP contribution in [0.15, 0.2) is 24.4 Å². The first-order valence-electron chi connectivity index (χ1n) is 6.04. The van der Waals surface area contributed by atoms with Gasteiger partial charge in [0.25, 0.3) is 11.4 Å². The highest BCUT2D eigenvalue weighted by molar-refractivity contribution is 5.65. The standard InChI is InChI=1S/C12H13N5O4/c1-8-9(7-15(2)14-8)6-13-11-4-3-10(16(18)19)5-12(11)17(20)21/h3-5,7,13H,6H2,1-2H3. The van der Waals surface area contributed by atoms with Crippen LogP contribution in [0.4, 0.5) is 17.1 Å². The van der Waals surface area contributed by atoms with Crippen LogP contribution in [-0.2, 0) is 13.6 Å². The Bertz CT molecular complexity index is 710. The summed E-state index contributed by atoms with van der Waals surface area (Å²) in [6, 6.07) is 3.51. The van der Waals surface area contributed by atoms with E-state index in [0.717, 1.165) is 17.3 Å². The third kappa shape index (κ3) is 3.14. The largest absolute Gasteiger partial charge is 0.375 e. The maximum absolute atomic E-state index is 11.0. The number of rotatable bonds is 5. The highest BCUT2D eigenvalue weighted by Crippen LogP contribution is 2.29. The smallest absolute Gasteiger partial charge is 0.299 e. The molecule has 0 saturated carbocycles. The van der Waals surface area contributed by atoms with Crippen LogP contribution in [0.25, 0.3) is 0 Å². The molecule has 21 heavy (non-hydrogen) atoms. The van der Waals surface area contributed by atoms with E-state index in [-0.39, 0.29) is 17.1 Å². The topological polar surface area (TPSA) is 116 Å². The number of aromatic nitrogens is 2. The van der Waals surface area contributed by atoms with Crippen LogP contribution in [0.2, 0.25) is 0 Å². The van der Waals surface area contributed by atoms with E-state index in [0.29, 0.717) is 6.54 Å². The number of hydrogen-bond acceptors (Lipinski definition) is 6. The van der Waals surface area contributed by atoms with Crippen molar-refractivity contribution in [2.75, 3.05) is 5.32 Å². The van der Waals surface area contributed by atoms with E-state index in [1.54, 1.807) is 17.9 Å². The molecule has 0 atom stereocenters. The average Bonchev–Trinajstić information content (AvgIpc) is 2.74. The van der Waals surface area contributed by atoms with E-state index < -0.39 is 9.85 Å². The molecule has 0 amide bonds. The van der Waals surface area contributed by atoms with Crippen molar-refractivity contribution in [3.8, 4) is 0 Å². The lowest BCUT2D eigenvalue weighted by molar-refractivity contribution is -0.393. The molecule has 0 unspecified atom stereocenters. The fourth-order valence-corrected chi connectivity index (χ4v) is 1.95. The summed E-state index contributed by atoms with van der Waals surface area (Å²) in [4.78, 5) is 20.4. The van der Waals surface area contributed by atoms with E-state index in [2.05, 4.69) is 10.4 Å². The van der Waals surface area contributed by atoms with Crippen LogP contribution >= 0.6 is 0 Å². The average molecular weight is 291 g/mol. The van der Waals surface area contributed by atoms with Gasteiger partial charge in [0.15, 0.2) is 0 Å². The van der Waals surface area contributed by atoms with Crippen LogP contribution in [0.1, 0.15) is 11.3 Å². The number of non-ortho nitro benzene ring substituents is 1. The Morgan fingerprint density at radius 2 is 2.00 bits per heavy atom. The first-order chi connectivity index (χ1) is 9.88. The van der Waals surface area contributed by atoms with Crippen LogP contribution in [0, 0.1) is 27.2 Å². The third-order valence-electron chi connectivity index (χ3n) is 2.97. The number of aryl methyl sites for hydroxylation is 2. The van der Waals surface area contributed by atoms with Crippen molar-refractivity contribution < 1.29 is 9.85 Å². The molecule has 110 valence electrons. The van der Waals surface area contributed by atoms with Gasteiger partial charge in [0.1, 0.15) is 5.69 Å². The molecule has 0 aliphatic rings. The fourth-order valence-electron chi connectivity index (χ4n) is 1.95. The molecule has 1 heterocycles. The Labute approximate surface area is 119 Å². The summed E-state index contributed by atoms with van der Waals surface area (Å²) in [5.41, 5.74) is 1.30. The Morgan fingerprint density at radius 3 is 2.52 bits per heavy atom. The number of nitrogens with one attached hydrogen (secondary N) is 1. The second-order valence-corrected chi connectivity index (χ2v) is 4.48. The van der Waals surface area contributed by atoms with Crippen LogP contribution in [0.3, 0.4) is 0 Å². The zero-order valence-corrected chi connectivity index (χ0v) is 11.4. The molecule has 1 aromatic heterocycles. The molecule has 9 nitrogen and oxygen atoms in total. The van der Waals surface area contributed by atoms with Crippen molar-refractivity contribution in [1.82, 2.24) is 9.78 Å². The fraction of sp³-hybridized carbons (Fsp3) is 0.250. The number of hydrogen-bond donors (Lipinski definition) is 1. The maximum Gasteiger partial charge on any atom is 0.299 e. The first kappa shape index (κ1) is 14.4. The SMILES string of the molecule is Cc1nn(C)cc1CNc1ccc([N+](=O)[O-])cc1[N+](=O)[O-]. The van der Waals surface area contributed by atoms with Gasteiger partial charge in [-0.3, -0.25) is 24.9 Å². The van der Waals surface area contributed by atoms with Gasteiger partial charge in [0, 0.05) is 31.4 Å². The normalized spacial score (nSPS) is 10.4. The summed E-state index contributed by atoms with van der Waals surface area (Å²) in [6.07, 6.45) is 1.81. The molecule has 1 aromatic carbocycles. The second-order valence-electron chi connectivity index (χ2n) is 4.48. The van der Waals surface area contributed by atoms with Crippen LogP contribution < -0.4 is 5.32 Å². The van der Waals surface area contributed by atoms with Crippen molar-refractivity contribution in [3.05, 3.63) is 55.9 Å². The molecule has 0 saturated heterocycles. The minimum absolute atomic E-state index is 0.230. The second kappa shape index (κ2) is 5.57. The summed E-state index contributed by atoms with van der Waals surface area (Å²) >= 11 is 0. The molecule has 1 N–H and O–H groups in total. The number of benzene rings is 1. The molecule has 0 spiro atoms. The van der Waals surface area contributed by atoms with Gasteiger partial charge in [-0.1, -0.05) is 0 Å². The monoisotopic (exact) mass is 291 g/mol. The van der Waals surface area contributed by atoms with Gasteiger partial charge >= 0.3 is 0 Å². The molecular weight excluding hydrogens is 278 g/mol.